The van der Waals surface area contributed by atoms with Gasteiger partial charge < -0.3 is 14.8 Å². The Morgan fingerprint density at radius 3 is 2.65 bits per heavy atom. The molecule has 20 heavy (non-hydrogen) atoms. The molecule has 0 amide bonds. The van der Waals surface area contributed by atoms with Crippen LogP contribution in [-0.2, 0) is 6.54 Å². The lowest BCUT2D eigenvalue weighted by Gasteiger charge is -2.08. The molecule has 1 heterocycles. The van der Waals surface area contributed by atoms with Gasteiger partial charge in [0.1, 0.15) is 17.3 Å². The lowest BCUT2D eigenvalue weighted by Crippen LogP contribution is -1.97. The van der Waals surface area contributed by atoms with Crippen molar-refractivity contribution in [2.45, 2.75) is 13.5 Å². The van der Waals surface area contributed by atoms with E-state index < -0.39 is 0 Å². The molecule has 4 nitrogen and oxygen atoms in total. The first-order chi connectivity index (χ1) is 9.60. The Hall–Kier alpha value is -2.01. The van der Waals surface area contributed by atoms with Crippen molar-refractivity contribution in [2.24, 2.45) is 0 Å². The highest BCUT2D eigenvalue weighted by Crippen LogP contribution is 2.34. The van der Waals surface area contributed by atoms with Crippen molar-refractivity contribution in [3.05, 3.63) is 40.9 Å². The third-order valence-corrected chi connectivity index (χ3v) is 3.74. The number of nitrogens with zero attached hydrogens (tertiary/aromatic N) is 2. The average Bonchev–Trinajstić information content (AvgIpc) is 2.75. The Morgan fingerprint density at radius 2 is 1.95 bits per heavy atom. The van der Waals surface area contributed by atoms with Gasteiger partial charge in [-0.25, -0.2) is 4.98 Å². The fraction of sp³-hybridized carbons (Fsp3) is 0.133. The monoisotopic (exact) mass is 332 g/mol. The van der Waals surface area contributed by atoms with Crippen LogP contribution in [0.15, 0.2) is 40.9 Å². The number of halogens is 1. The fourth-order valence-corrected chi connectivity index (χ4v) is 2.69. The largest absolute Gasteiger partial charge is 0.508 e. The number of benzene rings is 2. The van der Waals surface area contributed by atoms with Crippen molar-refractivity contribution in [3.8, 4) is 22.9 Å². The Kier molecular flexibility index (Phi) is 3.14. The molecule has 3 aromatic rings. The molecule has 0 spiro atoms. The van der Waals surface area contributed by atoms with Crippen molar-refractivity contribution >= 4 is 27.0 Å². The van der Waals surface area contributed by atoms with Gasteiger partial charge in [-0.1, -0.05) is 15.9 Å². The molecule has 3 rings (SSSR count). The number of hydrogen-bond acceptors (Lipinski definition) is 3. The minimum Gasteiger partial charge on any atom is -0.508 e. The molecule has 102 valence electrons. The lowest BCUT2D eigenvalue weighted by molar-refractivity contribution is 0.451. The van der Waals surface area contributed by atoms with Crippen LogP contribution in [-0.4, -0.2) is 19.8 Å². The number of fused-ring (bicyclic) bond motifs is 1. The predicted octanol–water partition coefficient (Wildman–Crippen LogP) is 3.90. The number of rotatable bonds is 2. The van der Waals surface area contributed by atoms with Gasteiger partial charge in [-0.15, -0.1) is 0 Å². The van der Waals surface area contributed by atoms with Crippen LogP contribution in [0.4, 0.5) is 0 Å². The molecule has 0 saturated heterocycles. The van der Waals surface area contributed by atoms with Crippen LogP contribution in [0, 0.1) is 0 Å². The van der Waals surface area contributed by atoms with E-state index in [0.29, 0.717) is 11.4 Å². The zero-order valence-corrected chi connectivity index (χ0v) is 12.4. The zero-order valence-electron chi connectivity index (χ0n) is 10.8. The molecular weight excluding hydrogens is 320 g/mol. The molecule has 2 aromatic carbocycles. The second-order valence-corrected chi connectivity index (χ2v) is 5.43. The summed E-state index contributed by atoms with van der Waals surface area (Å²) in [5.74, 6) is 0.750. The highest BCUT2D eigenvalue weighted by molar-refractivity contribution is 9.10. The predicted molar refractivity (Wildman–Crippen MR) is 81.9 cm³/mol. The number of phenols is 2. The summed E-state index contributed by atoms with van der Waals surface area (Å²) in [6, 6.07) is 10.5. The van der Waals surface area contributed by atoms with Gasteiger partial charge in [0.05, 0.1) is 16.6 Å². The van der Waals surface area contributed by atoms with E-state index in [4.69, 9.17) is 0 Å². The van der Waals surface area contributed by atoms with Crippen LogP contribution >= 0.6 is 15.9 Å². The van der Waals surface area contributed by atoms with Crippen LogP contribution in [0.3, 0.4) is 0 Å². The molecule has 0 saturated carbocycles. The summed E-state index contributed by atoms with van der Waals surface area (Å²) in [6.45, 7) is 2.78. The molecule has 2 N–H and O–H groups in total. The third-order valence-electron chi connectivity index (χ3n) is 3.25. The van der Waals surface area contributed by atoms with Gasteiger partial charge in [-0.3, -0.25) is 0 Å². The van der Waals surface area contributed by atoms with Gasteiger partial charge in [0.2, 0.25) is 0 Å². The summed E-state index contributed by atoms with van der Waals surface area (Å²) in [4.78, 5) is 4.60. The molecule has 0 radical (unpaired) electrons. The average molecular weight is 333 g/mol. The number of imidazole rings is 1. The second-order valence-electron chi connectivity index (χ2n) is 4.51. The smallest absolute Gasteiger partial charge is 0.144 e. The van der Waals surface area contributed by atoms with Gasteiger partial charge in [0.15, 0.2) is 0 Å². The summed E-state index contributed by atoms with van der Waals surface area (Å²) in [5.41, 5.74) is 2.49. The summed E-state index contributed by atoms with van der Waals surface area (Å²) >= 11 is 3.44. The summed E-state index contributed by atoms with van der Waals surface area (Å²) in [6.07, 6.45) is 0. The number of aromatic hydroxyl groups is 2. The third kappa shape index (κ3) is 2.04. The Balaban J connectivity index is 2.30. The Bertz CT molecular complexity index is 796. The highest BCUT2D eigenvalue weighted by Gasteiger charge is 2.15. The number of aryl methyl sites for hydroxylation is 1. The summed E-state index contributed by atoms with van der Waals surface area (Å²) in [5, 5.41) is 19.4. The van der Waals surface area contributed by atoms with Crippen molar-refractivity contribution < 1.29 is 10.2 Å². The van der Waals surface area contributed by atoms with E-state index in [1.807, 2.05) is 29.7 Å². The number of phenolic OH excluding ortho intramolecular Hbond substituents is 2. The molecule has 0 aliphatic rings. The Morgan fingerprint density at radius 1 is 1.15 bits per heavy atom. The molecule has 0 atom stereocenters. The molecule has 5 heteroatoms. The minimum atomic E-state index is 0.0223. The summed E-state index contributed by atoms with van der Waals surface area (Å²) in [7, 11) is 0. The van der Waals surface area contributed by atoms with Gasteiger partial charge >= 0.3 is 0 Å². The maximum atomic E-state index is 10.0. The lowest BCUT2D eigenvalue weighted by atomic mass is 10.2. The second kappa shape index (κ2) is 4.83. The molecule has 0 fully saturated rings. The van der Waals surface area contributed by atoms with E-state index in [2.05, 4.69) is 20.9 Å². The number of aromatic nitrogens is 2. The van der Waals surface area contributed by atoms with Gasteiger partial charge in [0, 0.05) is 17.1 Å². The topological polar surface area (TPSA) is 58.3 Å². The first-order valence-electron chi connectivity index (χ1n) is 6.28. The van der Waals surface area contributed by atoms with Crippen LogP contribution in [0.5, 0.6) is 11.5 Å². The van der Waals surface area contributed by atoms with Crippen molar-refractivity contribution in [1.82, 2.24) is 9.55 Å². The molecule has 0 unspecified atom stereocenters. The highest BCUT2D eigenvalue weighted by atomic mass is 79.9. The normalized spacial score (nSPS) is 11.1. The molecule has 0 aliphatic carbocycles. The minimum absolute atomic E-state index is 0.0223. The van der Waals surface area contributed by atoms with E-state index in [0.717, 1.165) is 22.1 Å². The molecule has 0 bridgehead atoms. The quantitative estimate of drug-likeness (QED) is 0.748. The van der Waals surface area contributed by atoms with Gasteiger partial charge in [0.25, 0.3) is 0 Å². The first kappa shape index (κ1) is 13.0. The van der Waals surface area contributed by atoms with Gasteiger partial charge in [-0.05, 0) is 37.3 Å². The Labute approximate surface area is 124 Å². The molecule has 1 aromatic heterocycles. The SMILES string of the molecule is CCn1c(-c2ccc(O)cc2O)nc2cc(Br)ccc21. The number of hydrogen-bond donors (Lipinski definition) is 2. The maximum absolute atomic E-state index is 10.0. The standard InChI is InChI=1S/C15H13BrN2O2/c1-2-18-13-6-3-9(16)7-12(13)17-15(18)11-5-4-10(19)8-14(11)20/h3-8,19-20H,2H2,1H3. The zero-order chi connectivity index (χ0) is 14.3. The van der Waals surface area contributed by atoms with E-state index >= 15 is 0 Å². The van der Waals surface area contributed by atoms with E-state index in [9.17, 15) is 10.2 Å². The first-order valence-corrected chi connectivity index (χ1v) is 7.07. The van der Waals surface area contributed by atoms with Gasteiger partial charge in [-0.2, -0.15) is 0 Å². The van der Waals surface area contributed by atoms with Crippen LogP contribution in [0.25, 0.3) is 22.4 Å². The maximum Gasteiger partial charge on any atom is 0.144 e. The van der Waals surface area contributed by atoms with Crippen molar-refractivity contribution in [1.29, 1.82) is 0 Å². The van der Waals surface area contributed by atoms with Crippen molar-refractivity contribution in [2.75, 3.05) is 0 Å². The molecule has 0 aliphatic heterocycles. The van der Waals surface area contributed by atoms with E-state index in [1.54, 1.807) is 12.1 Å². The van der Waals surface area contributed by atoms with Crippen LogP contribution < -0.4 is 0 Å². The van der Waals surface area contributed by atoms with E-state index in [-0.39, 0.29) is 11.5 Å². The summed E-state index contributed by atoms with van der Waals surface area (Å²) < 4.78 is 3.00. The fourth-order valence-electron chi connectivity index (χ4n) is 2.34. The van der Waals surface area contributed by atoms with Crippen molar-refractivity contribution in [3.63, 3.8) is 0 Å². The van der Waals surface area contributed by atoms with E-state index in [1.165, 1.54) is 6.07 Å². The van der Waals surface area contributed by atoms with Crippen LogP contribution in [0.2, 0.25) is 0 Å². The molecular formula is C15H13BrN2O2. The van der Waals surface area contributed by atoms with Crippen LogP contribution in [0.1, 0.15) is 6.92 Å².